The fourth-order valence-electron chi connectivity index (χ4n) is 3.87. The lowest BCUT2D eigenvalue weighted by Crippen LogP contribution is -2.54. The van der Waals surface area contributed by atoms with Gasteiger partial charge in [-0.3, -0.25) is 24.7 Å². The smallest absolute Gasteiger partial charge is 0.410 e. The molecule has 180 valence electrons. The van der Waals surface area contributed by atoms with E-state index in [1.807, 2.05) is 0 Å². The van der Waals surface area contributed by atoms with Gasteiger partial charge in [-0.15, -0.1) is 0 Å². The highest BCUT2D eigenvalue weighted by Gasteiger charge is 2.41. The molecule has 33 heavy (non-hydrogen) atoms. The number of carbonyl (C=O) groups excluding carboxylic acids is 3. The van der Waals surface area contributed by atoms with Crippen molar-refractivity contribution in [1.29, 1.82) is 0 Å². The maximum Gasteiger partial charge on any atom is 0.410 e. The zero-order valence-electron chi connectivity index (χ0n) is 18.0. The number of hydrogen-bond acceptors (Lipinski definition) is 9. The average molecular weight is 482 g/mol. The predicted octanol–water partition coefficient (Wildman–Crippen LogP) is 0.844. The van der Waals surface area contributed by atoms with Crippen molar-refractivity contribution in [2.75, 3.05) is 45.9 Å². The van der Waals surface area contributed by atoms with Gasteiger partial charge in [0.2, 0.25) is 5.91 Å². The summed E-state index contributed by atoms with van der Waals surface area (Å²) in [6.07, 6.45) is -1.00. The van der Waals surface area contributed by atoms with E-state index in [0.29, 0.717) is 51.3 Å². The molecule has 2 aliphatic heterocycles. The van der Waals surface area contributed by atoms with Crippen molar-refractivity contribution in [1.82, 2.24) is 14.7 Å². The number of nitro benzene ring substituents is 1. The zero-order chi connectivity index (χ0) is 24.0. The van der Waals surface area contributed by atoms with E-state index in [2.05, 4.69) is 17.5 Å². The first kappa shape index (κ1) is 24.6. The molecule has 2 saturated heterocycles. The summed E-state index contributed by atoms with van der Waals surface area (Å²) in [4.78, 5) is 51.9. The van der Waals surface area contributed by atoms with Crippen molar-refractivity contribution in [2.24, 2.45) is 5.73 Å². The summed E-state index contributed by atoms with van der Waals surface area (Å²) in [5.74, 6) is -0.146. The Kier molecular flexibility index (Phi) is 8.33. The minimum absolute atomic E-state index is 0.0475. The summed E-state index contributed by atoms with van der Waals surface area (Å²) < 4.78 is 10.1. The van der Waals surface area contributed by atoms with Crippen LogP contribution < -0.4 is 5.73 Å². The number of nitrogens with zero attached hydrogens (tertiary/aromatic N) is 4. The maximum absolute atomic E-state index is 13.1. The van der Waals surface area contributed by atoms with Crippen molar-refractivity contribution in [3.63, 3.8) is 0 Å². The summed E-state index contributed by atoms with van der Waals surface area (Å²) in [5, 5.41) is 10.6. The van der Waals surface area contributed by atoms with Gasteiger partial charge in [-0.05, 0) is 24.1 Å². The molecule has 0 radical (unpaired) electrons. The lowest BCUT2D eigenvalue weighted by Gasteiger charge is -2.37. The number of carbonyl (C=O) groups is 3. The van der Waals surface area contributed by atoms with Gasteiger partial charge in [-0.1, -0.05) is 0 Å². The van der Waals surface area contributed by atoms with Crippen molar-refractivity contribution < 1.29 is 28.8 Å². The van der Waals surface area contributed by atoms with Crippen LogP contribution in [0.4, 0.5) is 15.3 Å². The molecule has 2 heterocycles. The lowest BCUT2D eigenvalue weighted by atomic mass is 10.1. The molecular weight excluding hydrogens is 454 g/mol. The number of thiol groups is 1. The van der Waals surface area contributed by atoms with Crippen molar-refractivity contribution in [3.8, 4) is 0 Å². The summed E-state index contributed by atoms with van der Waals surface area (Å²) >= 11 is 4.46. The number of non-ortho nitro benzene ring substituents is 1. The lowest BCUT2D eigenvalue weighted by molar-refractivity contribution is -0.384. The van der Waals surface area contributed by atoms with Crippen LogP contribution in [0.2, 0.25) is 0 Å². The van der Waals surface area contributed by atoms with Gasteiger partial charge < -0.3 is 20.1 Å². The van der Waals surface area contributed by atoms with E-state index in [-0.39, 0.29) is 30.1 Å². The molecule has 2 fully saturated rings. The number of likely N-dealkylation sites (tertiary alicyclic amines) is 1. The van der Waals surface area contributed by atoms with Crippen LogP contribution in [0.3, 0.4) is 0 Å². The number of amides is 3. The number of nitro groups is 1. The Hall–Kier alpha value is -3.06. The maximum atomic E-state index is 13.1. The number of piperazine rings is 1. The van der Waals surface area contributed by atoms with Crippen molar-refractivity contribution in [2.45, 2.75) is 24.3 Å². The molecular formula is C20H27N5O7S. The third-order valence-corrected chi connectivity index (χ3v) is 6.02. The summed E-state index contributed by atoms with van der Waals surface area (Å²) in [6, 6.07) is 5.08. The van der Waals surface area contributed by atoms with Crippen LogP contribution >= 0.6 is 12.6 Å². The fourth-order valence-corrected chi connectivity index (χ4v) is 4.25. The quantitative estimate of drug-likeness (QED) is 0.331. The van der Waals surface area contributed by atoms with E-state index in [1.54, 1.807) is 4.90 Å². The molecule has 0 spiro atoms. The van der Waals surface area contributed by atoms with Gasteiger partial charge in [0, 0.05) is 56.7 Å². The molecule has 0 unspecified atom stereocenters. The van der Waals surface area contributed by atoms with E-state index in [4.69, 9.17) is 15.2 Å². The number of primary amides is 1. The molecule has 0 saturated carbocycles. The highest BCUT2D eigenvalue weighted by Crippen LogP contribution is 2.25. The van der Waals surface area contributed by atoms with E-state index in [0.717, 1.165) is 0 Å². The predicted molar refractivity (Wildman–Crippen MR) is 120 cm³/mol. The molecule has 12 nitrogen and oxygen atoms in total. The van der Waals surface area contributed by atoms with Gasteiger partial charge in [0.1, 0.15) is 19.3 Å². The van der Waals surface area contributed by atoms with Gasteiger partial charge in [0.05, 0.1) is 4.92 Å². The van der Waals surface area contributed by atoms with Crippen LogP contribution in [0.1, 0.15) is 12.0 Å². The number of rotatable bonds is 7. The van der Waals surface area contributed by atoms with E-state index >= 15 is 0 Å². The molecule has 2 N–H and O–H groups in total. The third kappa shape index (κ3) is 6.71. The molecule has 0 aromatic heterocycles. The molecule has 3 rings (SSSR count). The highest BCUT2D eigenvalue weighted by atomic mass is 32.1. The Morgan fingerprint density at radius 1 is 1.12 bits per heavy atom. The van der Waals surface area contributed by atoms with E-state index in [9.17, 15) is 24.5 Å². The number of benzene rings is 1. The number of hydrogen-bond donors (Lipinski definition) is 2. The summed E-state index contributed by atoms with van der Waals surface area (Å²) in [7, 11) is 0. The first-order chi connectivity index (χ1) is 15.7. The van der Waals surface area contributed by atoms with Crippen LogP contribution in [-0.4, -0.2) is 94.9 Å². The van der Waals surface area contributed by atoms with E-state index < -0.39 is 23.2 Å². The highest BCUT2D eigenvalue weighted by molar-refractivity contribution is 7.81. The largest absolute Gasteiger partial charge is 0.448 e. The van der Waals surface area contributed by atoms with Crippen LogP contribution in [0.25, 0.3) is 0 Å². The van der Waals surface area contributed by atoms with Gasteiger partial charge >= 0.3 is 12.2 Å². The second kappa shape index (κ2) is 11.2. The normalized spacial score (nSPS) is 21.0. The minimum Gasteiger partial charge on any atom is -0.448 e. The molecule has 1 aromatic carbocycles. The third-order valence-electron chi connectivity index (χ3n) is 5.64. The number of nitrogens with two attached hydrogens (primary N) is 1. The second-order valence-electron chi connectivity index (χ2n) is 7.87. The molecule has 0 bridgehead atoms. The second-order valence-corrected chi connectivity index (χ2v) is 8.60. The molecule has 13 heteroatoms. The Morgan fingerprint density at radius 3 is 2.39 bits per heavy atom. The molecule has 3 amide bonds. The van der Waals surface area contributed by atoms with Gasteiger partial charge in [0.15, 0.2) is 0 Å². The van der Waals surface area contributed by atoms with Gasteiger partial charge in [-0.25, -0.2) is 9.59 Å². The first-order valence-electron chi connectivity index (χ1n) is 10.5. The molecule has 2 atom stereocenters. The summed E-state index contributed by atoms with van der Waals surface area (Å²) in [5.41, 5.74) is 5.51. The van der Waals surface area contributed by atoms with Gasteiger partial charge in [0.25, 0.3) is 5.69 Å². The topological polar surface area (TPSA) is 149 Å². The molecule has 1 aromatic rings. The standard InChI is InChI=1S/C20H27N5O7S/c21-19(27)31-10-9-22-5-7-23(8-6-22)18(26)17-11-16(33)12-24(17)20(28)32-13-14-1-3-15(4-2-14)25(29)30/h1-4,16-17,33H,5-13H2,(H2,21,27)/t16-,17-/m0/s1. The Labute approximate surface area is 196 Å². The Bertz CT molecular complexity index is 876. The zero-order valence-corrected chi connectivity index (χ0v) is 18.9. The Morgan fingerprint density at radius 2 is 1.79 bits per heavy atom. The van der Waals surface area contributed by atoms with Crippen LogP contribution in [-0.2, 0) is 20.9 Å². The molecule has 0 aliphatic carbocycles. The van der Waals surface area contributed by atoms with Crippen LogP contribution in [0.15, 0.2) is 24.3 Å². The minimum atomic E-state index is -0.813. The van der Waals surface area contributed by atoms with Crippen molar-refractivity contribution in [3.05, 3.63) is 39.9 Å². The van der Waals surface area contributed by atoms with E-state index in [1.165, 1.54) is 29.2 Å². The van der Waals surface area contributed by atoms with Crippen LogP contribution in [0, 0.1) is 10.1 Å². The van der Waals surface area contributed by atoms with Gasteiger partial charge in [-0.2, -0.15) is 12.6 Å². The SMILES string of the molecule is NC(=O)OCCN1CCN(C(=O)[C@@H]2C[C@H](S)CN2C(=O)OCc2ccc([N+](=O)[O-])cc2)CC1. The summed E-state index contributed by atoms with van der Waals surface area (Å²) in [6.45, 7) is 3.20. The Balaban J connectivity index is 1.51. The van der Waals surface area contributed by atoms with Crippen LogP contribution in [0.5, 0.6) is 0 Å². The fraction of sp³-hybridized carbons (Fsp3) is 0.550. The monoisotopic (exact) mass is 481 g/mol. The molecule has 2 aliphatic rings. The number of ether oxygens (including phenoxy) is 2. The first-order valence-corrected chi connectivity index (χ1v) is 11.0. The van der Waals surface area contributed by atoms with Crippen molar-refractivity contribution >= 4 is 36.4 Å². The average Bonchev–Trinajstić information content (AvgIpc) is 3.19.